The van der Waals surface area contributed by atoms with Crippen molar-refractivity contribution >= 4 is 23.7 Å². The van der Waals surface area contributed by atoms with Crippen molar-refractivity contribution in [3.05, 3.63) is 70.9 Å². The number of nitrogens with one attached hydrogen (secondary N) is 1. The first kappa shape index (κ1) is 22.7. The lowest BCUT2D eigenvalue weighted by Crippen LogP contribution is -2.19. The van der Waals surface area contributed by atoms with Crippen molar-refractivity contribution in [1.82, 2.24) is 5.43 Å². The topological polar surface area (TPSA) is 61.7 Å². The minimum absolute atomic E-state index is 0.148. The van der Waals surface area contributed by atoms with Gasteiger partial charge in [0.15, 0.2) is 0 Å². The van der Waals surface area contributed by atoms with E-state index in [4.69, 9.17) is 16.7 Å². The molecule has 1 aliphatic rings. The second-order valence-corrected chi connectivity index (χ2v) is 4.79. The van der Waals surface area contributed by atoms with Crippen molar-refractivity contribution in [2.75, 3.05) is 6.61 Å². The fraction of sp³-hybridized carbons (Fsp3) is 0.222. The number of hydrazone groups is 1. The Balaban J connectivity index is 0.00000277. The smallest absolute Gasteiger partial charge is 0.274 e. The monoisotopic (exact) mass is 370 g/mol. The molecule has 1 amide bonds. The van der Waals surface area contributed by atoms with Gasteiger partial charge in [0.25, 0.3) is 5.91 Å². The Morgan fingerprint density at radius 3 is 2.80 bits per heavy atom. The van der Waals surface area contributed by atoms with Crippen LogP contribution in [0.3, 0.4) is 0 Å². The van der Waals surface area contributed by atoms with Crippen molar-refractivity contribution < 1.29 is 18.7 Å². The van der Waals surface area contributed by atoms with E-state index in [1.807, 2.05) is 13.8 Å². The molecule has 136 valence electrons. The molecular formula is C18H21ClF2N2O2. The summed E-state index contributed by atoms with van der Waals surface area (Å²) in [6.45, 7) is 7.49. The Bertz CT molecular complexity index is 660. The molecule has 0 unspecified atom stereocenters. The predicted octanol–water partition coefficient (Wildman–Crippen LogP) is 4.38. The molecule has 0 aromatic heterocycles. The number of amides is 1. The maximum atomic E-state index is 13.6. The van der Waals surface area contributed by atoms with Gasteiger partial charge >= 0.3 is 0 Å². The molecule has 0 bridgehead atoms. The zero-order valence-corrected chi connectivity index (χ0v) is 14.9. The van der Waals surface area contributed by atoms with E-state index >= 15 is 0 Å². The zero-order valence-electron chi connectivity index (χ0n) is 14.1. The molecule has 1 aliphatic carbocycles. The zero-order chi connectivity index (χ0) is 19.2. The van der Waals surface area contributed by atoms with Crippen LogP contribution in [0.25, 0.3) is 0 Å². The fourth-order valence-electron chi connectivity index (χ4n) is 1.50. The summed E-state index contributed by atoms with van der Waals surface area (Å²) in [6.07, 6.45) is 8.49. The normalized spacial score (nSPS) is 15.0. The Kier molecular flexibility index (Phi) is 11.8. The van der Waals surface area contributed by atoms with Crippen molar-refractivity contribution in [2.45, 2.75) is 20.3 Å². The van der Waals surface area contributed by atoms with Crippen LogP contribution in [0.2, 0.25) is 0 Å². The summed E-state index contributed by atoms with van der Waals surface area (Å²) in [5, 5.41) is 12.5. The lowest BCUT2D eigenvalue weighted by atomic mass is 10.2. The molecule has 0 aromatic carbocycles. The summed E-state index contributed by atoms with van der Waals surface area (Å²) < 4.78 is 26.7. The SMILES string of the molecule is C=C(/C=N/NC(=O)C1=C(F)CC(F)=CC=C1)/C=C(Cl)\C=C/CO.CC. The van der Waals surface area contributed by atoms with Crippen molar-refractivity contribution in [3.8, 4) is 0 Å². The van der Waals surface area contributed by atoms with Gasteiger partial charge in [-0.3, -0.25) is 4.79 Å². The second kappa shape index (κ2) is 13.0. The summed E-state index contributed by atoms with van der Waals surface area (Å²) in [5.41, 5.74) is 2.19. The third-order valence-corrected chi connectivity index (χ3v) is 2.74. The average molecular weight is 371 g/mol. The molecule has 25 heavy (non-hydrogen) atoms. The first-order valence-electron chi connectivity index (χ1n) is 7.52. The molecule has 0 saturated heterocycles. The molecule has 0 aromatic rings. The lowest BCUT2D eigenvalue weighted by molar-refractivity contribution is -0.117. The molecule has 2 N–H and O–H groups in total. The lowest BCUT2D eigenvalue weighted by Gasteiger charge is -2.02. The largest absolute Gasteiger partial charge is 0.392 e. The highest BCUT2D eigenvalue weighted by Gasteiger charge is 2.15. The third-order valence-electron chi connectivity index (χ3n) is 2.50. The molecule has 0 saturated carbocycles. The van der Waals surface area contributed by atoms with Gasteiger partial charge < -0.3 is 5.11 Å². The Morgan fingerprint density at radius 2 is 2.16 bits per heavy atom. The minimum atomic E-state index is -0.879. The van der Waals surface area contributed by atoms with Crippen molar-refractivity contribution in [2.24, 2.45) is 5.10 Å². The molecule has 4 nitrogen and oxygen atoms in total. The molecule has 0 spiro atoms. The summed E-state index contributed by atoms with van der Waals surface area (Å²) in [7, 11) is 0. The van der Waals surface area contributed by atoms with Crippen LogP contribution in [0.4, 0.5) is 8.78 Å². The number of carbonyl (C=O) groups is 1. The standard InChI is InChI=1S/C16H15ClF2N2O2.C2H6/c1-11(8-12(17)4-3-7-22)10-20-21-16(23)14-6-2-5-13(18)9-15(14)19;1-2/h2-6,8,10,22H,1,7,9H2,(H,21,23);1-2H3/b4-3-,12-8+,20-10+;. The summed E-state index contributed by atoms with van der Waals surface area (Å²) in [5.74, 6) is -2.36. The van der Waals surface area contributed by atoms with Gasteiger partial charge in [-0.15, -0.1) is 0 Å². The van der Waals surface area contributed by atoms with Crippen LogP contribution in [0, 0.1) is 0 Å². The van der Waals surface area contributed by atoms with Gasteiger partial charge in [0, 0.05) is 5.03 Å². The summed E-state index contributed by atoms with van der Waals surface area (Å²) in [4.78, 5) is 11.8. The summed E-state index contributed by atoms with van der Waals surface area (Å²) in [6, 6.07) is 0. The summed E-state index contributed by atoms with van der Waals surface area (Å²) >= 11 is 5.81. The van der Waals surface area contributed by atoms with E-state index in [9.17, 15) is 13.6 Å². The molecule has 0 fully saturated rings. The Hall–Kier alpha value is -2.31. The van der Waals surface area contributed by atoms with E-state index in [0.29, 0.717) is 10.6 Å². The van der Waals surface area contributed by atoms with Crippen LogP contribution in [0.5, 0.6) is 0 Å². The number of nitrogens with zero attached hydrogens (tertiary/aromatic N) is 1. The quantitative estimate of drug-likeness (QED) is 0.414. The van der Waals surface area contributed by atoms with Crippen molar-refractivity contribution in [3.63, 3.8) is 0 Å². The second-order valence-electron chi connectivity index (χ2n) is 4.36. The van der Waals surface area contributed by atoms with Crippen LogP contribution in [0.1, 0.15) is 20.3 Å². The Labute approximate surface area is 151 Å². The van der Waals surface area contributed by atoms with Crippen LogP contribution >= 0.6 is 11.6 Å². The molecule has 0 atom stereocenters. The number of allylic oxidation sites excluding steroid dienone is 8. The van der Waals surface area contributed by atoms with E-state index in [0.717, 1.165) is 12.2 Å². The fourth-order valence-corrected chi connectivity index (χ4v) is 1.73. The van der Waals surface area contributed by atoms with Gasteiger partial charge in [0.05, 0.1) is 24.8 Å². The molecule has 0 aliphatic heterocycles. The number of halogens is 3. The van der Waals surface area contributed by atoms with Crippen LogP contribution in [-0.4, -0.2) is 23.8 Å². The number of hydrogen-bond acceptors (Lipinski definition) is 3. The highest BCUT2D eigenvalue weighted by molar-refractivity contribution is 6.31. The van der Waals surface area contributed by atoms with Gasteiger partial charge in [-0.1, -0.05) is 44.2 Å². The maximum Gasteiger partial charge on any atom is 0.274 e. The highest BCUT2D eigenvalue weighted by atomic mass is 35.5. The van der Waals surface area contributed by atoms with E-state index in [1.165, 1.54) is 30.5 Å². The predicted molar refractivity (Wildman–Crippen MR) is 98.4 cm³/mol. The van der Waals surface area contributed by atoms with E-state index in [1.54, 1.807) is 0 Å². The number of carbonyl (C=O) groups excluding carboxylic acids is 1. The Morgan fingerprint density at radius 1 is 1.48 bits per heavy atom. The molecule has 1 rings (SSSR count). The van der Waals surface area contributed by atoms with E-state index in [2.05, 4.69) is 17.1 Å². The first-order chi connectivity index (χ1) is 11.9. The number of aliphatic hydroxyl groups excluding tert-OH is 1. The molecular weight excluding hydrogens is 350 g/mol. The minimum Gasteiger partial charge on any atom is -0.392 e. The van der Waals surface area contributed by atoms with Crippen molar-refractivity contribution in [1.29, 1.82) is 0 Å². The maximum absolute atomic E-state index is 13.6. The van der Waals surface area contributed by atoms with Gasteiger partial charge in [-0.2, -0.15) is 5.10 Å². The molecule has 7 heteroatoms. The third kappa shape index (κ3) is 9.54. The van der Waals surface area contributed by atoms with Gasteiger partial charge in [0.1, 0.15) is 11.7 Å². The first-order valence-corrected chi connectivity index (χ1v) is 7.90. The van der Waals surface area contributed by atoms with Gasteiger partial charge in [-0.05, 0) is 29.9 Å². The van der Waals surface area contributed by atoms with Crippen LogP contribution in [-0.2, 0) is 4.79 Å². The van der Waals surface area contributed by atoms with Gasteiger partial charge in [0.2, 0.25) is 0 Å². The van der Waals surface area contributed by atoms with E-state index < -0.39 is 24.0 Å². The number of rotatable bonds is 6. The average Bonchev–Trinajstić information content (AvgIpc) is 2.74. The van der Waals surface area contributed by atoms with Gasteiger partial charge in [-0.25, -0.2) is 14.2 Å². The molecule has 0 heterocycles. The number of hydrogen-bond donors (Lipinski definition) is 2. The van der Waals surface area contributed by atoms with E-state index in [-0.39, 0.29) is 12.2 Å². The molecule has 0 radical (unpaired) electrons. The number of aliphatic hydroxyl groups is 1. The van der Waals surface area contributed by atoms with Crippen LogP contribution in [0.15, 0.2) is 76.0 Å². The van der Waals surface area contributed by atoms with Crippen LogP contribution < -0.4 is 5.43 Å². The highest BCUT2D eigenvalue weighted by Crippen LogP contribution is 2.21.